The molecule has 1 saturated carbocycles. The first-order valence-electron chi connectivity index (χ1n) is 7.94. The molecular formula is C16H24N2O4S. The lowest BCUT2D eigenvalue weighted by molar-refractivity contribution is -0.386. The number of hydrogen-bond acceptors (Lipinski definition) is 5. The van der Waals surface area contributed by atoms with Gasteiger partial charge in [-0.3, -0.25) is 10.1 Å². The summed E-state index contributed by atoms with van der Waals surface area (Å²) in [6.07, 6.45) is 5.07. The normalized spacial score (nSPS) is 22.1. The van der Waals surface area contributed by atoms with Gasteiger partial charge in [0, 0.05) is 12.3 Å². The third-order valence-electron chi connectivity index (χ3n) is 4.66. The predicted molar refractivity (Wildman–Crippen MR) is 90.4 cm³/mol. The molecule has 0 aromatic heterocycles. The second kappa shape index (κ2) is 6.86. The van der Waals surface area contributed by atoms with Crippen LogP contribution < -0.4 is 5.32 Å². The number of benzene rings is 1. The number of sulfone groups is 1. The van der Waals surface area contributed by atoms with Gasteiger partial charge in [0.2, 0.25) is 0 Å². The van der Waals surface area contributed by atoms with Crippen LogP contribution in [0.1, 0.15) is 39.5 Å². The summed E-state index contributed by atoms with van der Waals surface area (Å²) in [6, 6.07) is 4.57. The Labute approximate surface area is 137 Å². The van der Waals surface area contributed by atoms with Crippen molar-refractivity contribution in [1.82, 2.24) is 0 Å². The van der Waals surface area contributed by atoms with Crippen LogP contribution in [0.3, 0.4) is 0 Å². The summed E-state index contributed by atoms with van der Waals surface area (Å²) in [7, 11) is -3.64. The molecule has 6 nitrogen and oxygen atoms in total. The van der Waals surface area contributed by atoms with E-state index in [1.54, 1.807) is 12.1 Å². The lowest BCUT2D eigenvalue weighted by atomic mass is 9.79. The van der Waals surface area contributed by atoms with E-state index < -0.39 is 14.8 Å². The quantitative estimate of drug-likeness (QED) is 0.653. The number of nitrogens with zero attached hydrogens (tertiary/aromatic N) is 1. The number of anilines is 1. The molecule has 2 rings (SSSR count). The van der Waals surface area contributed by atoms with Crippen molar-refractivity contribution in [1.29, 1.82) is 0 Å². The first-order chi connectivity index (χ1) is 10.7. The average Bonchev–Trinajstić information content (AvgIpc) is 2.46. The molecule has 0 atom stereocenters. The highest BCUT2D eigenvalue weighted by molar-refractivity contribution is 7.90. The van der Waals surface area contributed by atoms with Gasteiger partial charge in [-0.1, -0.05) is 19.9 Å². The molecule has 7 heteroatoms. The molecule has 1 aliphatic rings. The van der Waals surface area contributed by atoms with Crippen LogP contribution in [0.15, 0.2) is 23.1 Å². The van der Waals surface area contributed by atoms with Crippen LogP contribution >= 0.6 is 0 Å². The molecule has 0 spiro atoms. The van der Waals surface area contributed by atoms with Crippen LogP contribution in [-0.4, -0.2) is 25.6 Å². The Morgan fingerprint density at radius 2 is 1.83 bits per heavy atom. The molecule has 1 aliphatic carbocycles. The van der Waals surface area contributed by atoms with Gasteiger partial charge in [-0.15, -0.1) is 0 Å². The molecule has 0 radical (unpaired) electrons. The summed E-state index contributed by atoms with van der Waals surface area (Å²) in [4.78, 5) is 10.5. The monoisotopic (exact) mass is 340 g/mol. The highest BCUT2D eigenvalue weighted by atomic mass is 32.2. The van der Waals surface area contributed by atoms with E-state index in [-0.39, 0.29) is 16.6 Å². The van der Waals surface area contributed by atoms with Gasteiger partial charge in [0.1, 0.15) is 10.6 Å². The number of nitro groups is 1. The first kappa shape index (κ1) is 17.7. The van der Waals surface area contributed by atoms with Gasteiger partial charge in [0.25, 0.3) is 0 Å². The third-order valence-corrected chi connectivity index (χ3v) is 5.78. The number of rotatable bonds is 5. The van der Waals surface area contributed by atoms with Crippen molar-refractivity contribution in [3.63, 3.8) is 0 Å². The lowest BCUT2D eigenvalue weighted by Crippen LogP contribution is -2.28. The lowest BCUT2D eigenvalue weighted by Gasteiger charge is -2.31. The van der Waals surface area contributed by atoms with Crippen molar-refractivity contribution in [3.8, 4) is 0 Å². The molecule has 0 unspecified atom stereocenters. The summed E-state index contributed by atoms with van der Waals surface area (Å²) in [5.74, 6) is 1.35. The standard InChI is InChI=1S/C16H24N2O4S/c1-11(2)12-7-9-13(10-8-12)17-14-5-4-6-15(23(3,21)22)16(14)18(19)20/h4-6,11-13,17H,7-10H2,1-3H3. The molecule has 1 aromatic carbocycles. The molecule has 0 saturated heterocycles. The fraction of sp³-hybridized carbons (Fsp3) is 0.625. The molecular weight excluding hydrogens is 316 g/mol. The fourth-order valence-electron chi connectivity index (χ4n) is 3.28. The summed E-state index contributed by atoms with van der Waals surface area (Å²) < 4.78 is 23.6. The van der Waals surface area contributed by atoms with Gasteiger partial charge in [0.05, 0.1) is 4.92 Å². The van der Waals surface area contributed by atoms with Gasteiger partial charge < -0.3 is 5.32 Å². The molecule has 0 bridgehead atoms. The van der Waals surface area contributed by atoms with E-state index in [1.165, 1.54) is 6.07 Å². The van der Waals surface area contributed by atoms with Gasteiger partial charge in [-0.25, -0.2) is 8.42 Å². The predicted octanol–water partition coefficient (Wildman–Crippen LogP) is 3.63. The molecule has 0 heterocycles. The summed E-state index contributed by atoms with van der Waals surface area (Å²) in [6.45, 7) is 4.44. The van der Waals surface area contributed by atoms with Crippen molar-refractivity contribution in [2.75, 3.05) is 11.6 Å². The largest absolute Gasteiger partial charge is 0.377 e. The van der Waals surface area contributed by atoms with Crippen LogP contribution in [0.4, 0.5) is 11.4 Å². The third kappa shape index (κ3) is 4.22. The van der Waals surface area contributed by atoms with Crippen LogP contribution in [-0.2, 0) is 9.84 Å². The van der Waals surface area contributed by atoms with Crippen molar-refractivity contribution in [3.05, 3.63) is 28.3 Å². The Kier molecular flexibility index (Phi) is 5.29. The maximum Gasteiger partial charge on any atom is 0.310 e. The Balaban J connectivity index is 2.23. The van der Waals surface area contributed by atoms with Crippen molar-refractivity contribution in [2.45, 2.75) is 50.5 Å². The molecule has 0 aliphatic heterocycles. The van der Waals surface area contributed by atoms with Crippen molar-refractivity contribution >= 4 is 21.2 Å². The molecule has 128 valence electrons. The molecule has 0 amide bonds. The maximum absolute atomic E-state index is 11.8. The van der Waals surface area contributed by atoms with Crippen LogP contribution in [0.25, 0.3) is 0 Å². The first-order valence-corrected chi connectivity index (χ1v) is 9.83. The number of para-hydroxylation sites is 1. The van der Waals surface area contributed by atoms with Gasteiger partial charge >= 0.3 is 5.69 Å². The van der Waals surface area contributed by atoms with E-state index in [2.05, 4.69) is 19.2 Å². The van der Waals surface area contributed by atoms with E-state index in [0.717, 1.165) is 31.9 Å². The average molecular weight is 340 g/mol. The molecule has 1 fully saturated rings. The van der Waals surface area contributed by atoms with E-state index >= 15 is 0 Å². The Morgan fingerprint density at radius 3 is 2.30 bits per heavy atom. The Morgan fingerprint density at radius 1 is 1.22 bits per heavy atom. The van der Waals surface area contributed by atoms with Crippen LogP contribution in [0, 0.1) is 22.0 Å². The van der Waals surface area contributed by atoms with Crippen LogP contribution in [0.5, 0.6) is 0 Å². The maximum atomic E-state index is 11.8. The zero-order valence-corrected chi connectivity index (χ0v) is 14.6. The minimum Gasteiger partial charge on any atom is -0.377 e. The Hall–Kier alpha value is -1.63. The minimum atomic E-state index is -3.64. The fourth-order valence-corrected chi connectivity index (χ4v) is 4.14. The minimum absolute atomic E-state index is 0.151. The van der Waals surface area contributed by atoms with Crippen molar-refractivity contribution in [2.24, 2.45) is 11.8 Å². The molecule has 1 aromatic rings. The second-order valence-corrected chi connectivity index (χ2v) is 8.67. The SMILES string of the molecule is CC(C)C1CCC(Nc2cccc(S(C)(=O)=O)c2[N+](=O)[O-])CC1. The molecule has 23 heavy (non-hydrogen) atoms. The number of nitro benzene ring substituents is 1. The Bertz CT molecular complexity index is 677. The second-order valence-electron chi connectivity index (χ2n) is 6.68. The number of hydrogen-bond donors (Lipinski definition) is 1. The zero-order chi connectivity index (χ0) is 17.2. The summed E-state index contributed by atoms with van der Waals surface area (Å²) >= 11 is 0. The smallest absolute Gasteiger partial charge is 0.310 e. The molecule has 1 N–H and O–H groups in total. The van der Waals surface area contributed by atoms with Crippen molar-refractivity contribution < 1.29 is 13.3 Å². The highest BCUT2D eigenvalue weighted by Crippen LogP contribution is 2.36. The van der Waals surface area contributed by atoms with E-state index in [4.69, 9.17) is 0 Å². The van der Waals surface area contributed by atoms with Gasteiger partial charge in [0.15, 0.2) is 9.84 Å². The topological polar surface area (TPSA) is 89.3 Å². The summed E-state index contributed by atoms with van der Waals surface area (Å²) in [5, 5.41) is 14.6. The zero-order valence-electron chi connectivity index (χ0n) is 13.8. The van der Waals surface area contributed by atoms with Crippen LogP contribution in [0.2, 0.25) is 0 Å². The summed E-state index contributed by atoms with van der Waals surface area (Å²) in [5.41, 5.74) is -0.0492. The number of nitrogens with one attached hydrogen (secondary N) is 1. The highest BCUT2D eigenvalue weighted by Gasteiger charge is 2.29. The van der Waals surface area contributed by atoms with E-state index in [1.807, 2.05) is 0 Å². The van der Waals surface area contributed by atoms with E-state index in [9.17, 15) is 18.5 Å². The van der Waals surface area contributed by atoms with E-state index in [0.29, 0.717) is 17.5 Å². The van der Waals surface area contributed by atoms with Gasteiger partial charge in [-0.2, -0.15) is 0 Å². The van der Waals surface area contributed by atoms with Gasteiger partial charge in [-0.05, 0) is 49.7 Å².